The van der Waals surface area contributed by atoms with Crippen molar-refractivity contribution in [3.63, 3.8) is 0 Å². The summed E-state index contributed by atoms with van der Waals surface area (Å²) in [5, 5.41) is 0. The van der Waals surface area contributed by atoms with Gasteiger partial charge in [0.05, 0.1) is 0 Å². The molecule has 0 aromatic rings. The molecule has 74 valence electrons. The van der Waals surface area contributed by atoms with E-state index in [1.54, 1.807) is 0 Å². The van der Waals surface area contributed by atoms with Crippen molar-refractivity contribution in [2.45, 2.75) is 66.7 Å². The van der Waals surface area contributed by atoms with Crippen molar-refractivity contribution < 1.29 is 0 Å². The van der Waals surface area contributed by atoms with E-state index in [0.717, 1.165) is 5.92 Å². The van der Waals surface area contributed by atoms with Crippen molar-refractivity contribution in [2.24, 2.45) is 11.3 Å². The van der Waals surface area contributed by atoms with Gasteiger partial charge in [0.2, 0.25) is 0 Å². The molecule has 0 bridgehead atoms. The Morgan fingerprint density at radius 2 is 1.67 bits per heavy atom. The third-order valence-corrected chi connectivity index (χ3v) is 2.57. The molecule has 0 aliphatic rings. The van der Waals surface area contributed by atoms with Gasteiger partial charge >= 0.3 is 0 Å². The molecule has 0 saturated carbocycles. The molecule has 0 amide bonds. The highest BCUT2D eigenvalue weighted by Gasteiger charge is 2.09. The summed E-state index contributed by atoms with van der Waals surface area (Å²) in [7, 11) is 0. The summed E-state index contributed by atoms with van der Waals surface area (Å²) >= 11 is 0. The Bertz CT molecular complexity index is 97.1. The van der Waals surface area contributed by atoms with Gasteiger partial charge in [0.1, 0.15) is 0 Å². The fourth-order valence-electron chi connectivity index (χ4n) is 1.35. The van der Waals surface area contributed by atoms with Gasteiger partial charge in [-0.3, -0.25) is 0 Å². The molecular weight excluding hydrogens is 144 g/mol. The smallest absolute Gasteiger partial charge is 0.0383 e. The molecule has 0 rings (SSSR count). The minimum absolute atomic E-state index is 0.537. The van der Waals surface area contributed by atoms with Gasteiger partial charge < -0.3 is 0 Å². The van der Waals surface area contributed by atoms with Gasteiger partial charge in [-0.15, -0.1) is 0 Å². The summed E-state index contributed by atoms with van der Waals surface area (Å²) in [6.45, 7) is 11.6. The predicted octanol–water partition coefficient (Wildman–Crippen LogP) is 4.64. The number of unbranched alkanes of at least 4 members (excludes halogenated alkanes) is 1. The Labute approximate surface area is 78.8 Å². The molecule has 0 aromatic carbocycles. The Kier molecular flexibility index (Phi) is 5.61. The Morgan fingerprint density at radius 3 is 2.08 bits per heavy atom. The maximum absolute atomic E-state index is 2.36. The number of hydrogen-bond acceptors (Lipinski definition) is 0. The average Bonchev–Trinajstić information content (AvgIpc) is 1.96. The molecule has 0 aliphatic heterocycles. The SMILES string of the molecule is CC[C@H](C)CCCCC(C)(C)C. The summed E-state index contributed by atoms with van der Waals surface area (Å²) < 4.78 is 0. The van der Waals surface area contributed by atoms with Crippen LogP contribution in [-0.4, -0.2) is 0 Å². The lowest BCUT2D eigenvalue weighted by atomic mass is 9.88. The van der Waals surface area contributed by atoms with Crippen molar-refractivity contribution in [3.05, 3.63) is 0 Å². The molecule has 0 spiro atoms. The Morgan fingerprint density at radius 1 is 1.08 bits per heavy atom. The van der Waals surface area contributed by atoms with Crippen LogP contribution in [0.5, 0.6) is 0 Å². The first-order chi connectivity index (χ1) is 5.45. The minimum Gasteiger partial charge on any atom is -0.0651 e. The van der Waals surface area contributed by atoms with Gasteiger partial charge in [-0.1, -0.05) is 60.3 Å². The monoisotopic (exact) mass is 170 g/mol. The quantitative estimate of drug-likeness (QED) is 0.527. The molecule has 0 heterocycles. The van der Waals surface area contributed by atoms with Crippen molar-refractivity contribution in [3.8, 4) is 0 Å². The van der Waals surface area contributed by atoms with Crippen molar-refractivity contribution >= 4 is 0 Å². The van der Waals surface area contributed by atoms with E-state index in [4.69, 9.17) is 0 Å². The molecule has 0 nitrogen and oxygen atoms in total. The zero-order valence-electron chi connectivity index (χ0n) is 9.61. The topological polar surface area (TPSA) is 0 Å². The molecule has 0 heteroatoms. The summed E-state index contributed by atoms with van der Waals surface area (Å²) in [5.41, 5.74) is 0.537. The summed E-state index contributed by atoms with van der Waals surface area (Å²) in [4.78, 5) is 0. The first kappa shape index (κ1) is 12.0. The number of hydrogen-bond donors (Lipinski definition) is 0. The van der Waals surface area contributed by atoms with E-state index in [1.165, 1.54) is 32.1 Å². The van der Waals surface area contributed by atoms with E-state index in [1.807, 2.05) is 0 Å². The number of rotatable bonds is 5. The Balaban J connectivity index is 3.22. The summed E-state index contributed by atoms with van der Waals surface area (Å²) in [6, 6.07) is 0. The third-order valence-electron chi connectivity index (χ3n) is 2.57. The zero-order chi connectivity index (χ0) is 9.61. The van der Waals surface area contributed by atoms with E-state index in [-0.39, 0.29) is 0 Å². The molecule has 12 heavy (non-hydrogen) atoms. The molecule has 0 radical (unpaired) electrons. The minimum atomic E-state index is 0.537. The summed E-state index contributed by atoms with van der Waals surface area (Å²) in [6.07, 6.45) is 6.98. The van der Waals surface area contributed by atoms with E-state index in [9.17, 15) is 0 Å². The van der Waals surface area contributed by atoms with Gasteiger partial charge in [0.25, 0.3) is 0 Å². The molecule has 0 saturated heterocycles. The van der Waals surface area contributed by atoms with E-state index in [2.05, 4.69) is 34.6 Å². The molecule has 0 unspecified atom stereocenters. The fourth-order valence-corrected chi connectivity index (χ4v) is 1.35. The van der Waals surface area contributed by atoms with Crippen LogP contribution in [-0.2, 0) is 0 Å². The van der Waals surface area contributed by atoms with Crippen LogP contribution in [0.1, 0.15) is 66.7 Å². The molecule has 0 N–H and O–H groups in total. The van der Waals surface area contributed by atoms with Crippen molar-refractivity contribution in [1.29, 1.82) is 0 Å². The summed E-state index contributed by atoms with van der Waals surface area (Å²) in [5.74, 6) is 0.935. The van der Waals surface area contributed by atoms with Gasteiger partial charge in [0, 0.05) is 0 Å². The van der Waals surface area contributed by atoms with Crippen molar-refractivity contribution in [2.75, 3.05) is 0 Å². The second-order valence-corrected chi connectivity index (χ2v) is 5.32. The zero-order valence-corrected chi connectivity index (χ0v) is 9.61. The lowest BCUT2D eigenvalue weighted by Gasteiger charge is -2.18. The van der Waals surface area contributed by atoms with Gasteiger partial charge in [-0.2, -0.15) is 0 Å². The molecule has 0 aliphatic carbocycles. The second kappa shape index (κ2) is 5.61. The van der Waals surface area contributed by atoms with Crippen LogP contribution in [0.2, 0.25) is 0 Å². The van der Waals surface area contributed by atoms with E-state index in [0.29, 0.717) is 5.41 Å². The maximum Gasteiger partial charge on any atom is -0.0383 e. The molecule has 0 fully saturated rings. The first-order valence-corrected chi connectivity index (χ1v) is 5.45. The third kappa shape index (κ3) is 8.10. The van der Waals surface area contributed by atoms with Crippen LogP contribution >= 0.6 is 0 Å². The van der Waals surface area contributed by atoms with Gasteiger partial charge in [0.15, 0.2) is 0 Å². The van der Waals surface area contributed by atoms with Crippen LogP contribution in [0, 0.1) is 11.3 Å². The molecular formula is C12H26. The van der Waals surface area contributed by atoms with Crippen LogP contribution in [0.15, 0.2) is 0 Å². The van der Waals surface area contributed by atoms with Crippen LogP contribution < -0.4 is 0 Å². The molecule has 1 atom stereocenters. The lowest BCUT2D eigenvalue weighted by Crippen LogP contribution is -2.04. The average molecular weight is 170 g/mol. The molecule has 0 aromatic heterocycles. The highest BCUT2D eigenvalue weighted by molar-refractivity contribution is 4.61. The fraction of sp³-hybridized carbons (Fsp3) is 1.00. The van der Waals surface area contributed by atoms with Gasteiger partial charge in [-0.05, 0) is 17.8 Å². The largest absolute Gasteiger partial charge is 0.0651 e. The van der Waals surface area contributed by atoms with Crippen molar-refractivity contribution in [1.82, 2.24) is 0 Å². The second-order valence-electron chi connectivity index (χ2n) is 5.32. The normalized spacial score (nSPS) is 14.8. The van der Waals surface area contributed by atoms with Crippen LogP contribution in [0.3, 0.4) is 0 Å². The Hall–Kier alpha value is 0. The lowest BCUT2D eigenvalue weighted by molar-refractivity contribution is 0.348. The standard InChI is InChI=1S/C12H26/c1-6-11(2)9-7-8-10-12(3,4)5/h11H,6-10H2,1-5H3/t11-/m0/s1. The van der Waals surface area contributed by atoms with Crippen LogP contribution in [0.4, 0.5) is 0 Å². The highest BCUT2D eigenvalue weighted by atomic mass is 14.1. The van der Waals surface area contributed by atoms with E-state index >= 15 is 0 Å². The predicted molar refractivity (Wildman–Crippen MR) is 57.4 cm³/mol. The van der Waals surface area contributed by atoms with E-state index < -0.39 is 0 Å². The van der Waals surface area contributed by atoms with Gasteiger partial charge in [-0.25, -0.2) is 0 Å². The first-order valence-electron chi connectivity index (χ1n) is 5.45. The van der Waals surface area contributed by atoms with Crippen LogP contribution in [0.25, 0.3) is 0 Å². The highest BCUT2D eigenvalue weighted by Crippen LogP contribution is 2.23. The maximum atomic E-state index is 2.36.